The van der Waals surface area contributed by atoms with Gasteiger partial charge in [0.05, 0.1) is 33.1 Å². The van der Waals surface area contributed by atoms with Crippen LogP contribution in [0, 0.1) is 0 Å². The molecule has 0 bridgehead atoms. The average Bonchev–Trinajstić information content (AvgIpc) is 3.99. The van der Waals surface area contributed by atoms with E-state index >= 15 is 0 Å². The van der Waals surface area contributed by atoms with Gasteiger partial charge in [0, 0.05) is 49.4 Å². The molecule has 0 atom stereocenters. The molecule has 13 rings (SSSR count). The van der Waals surface area contributed by atoms with Crippen LogP contribution in [0.25, 0.3) is 116 Å². The van der Waals surface area contributed by atoms with Crippen molar-refractivity contribution in [2.24, 2.45) is 0 Å². The molecular weight excluding hydrogens is 763 g/mol. The summed E-state index contributed by atoms with van der Waals surface area (Å²) in [5, 5.41) is 7.42. The number of fused-ring (bicyclic) bond motifs is 9. The van der Waals surface area contributed by atoms with E-state index in [1.807, 2.05) is 0 Å². The second kappa shape index (κ2) is 14.1. The highest BCUT2D eigenvalue weighted by Gasteiger charge is 2.20. The van der Waals surface area contributed by atoms with Gasteiger partial charge in [-0.3, -0.25) is 0 Å². The van der Waals surface area contributed by atoms with E-state index in [4.69, 9.17) is 0 Å². The number of rotatable bonds is 6. The van der Waals surface area contributed by atoms with Crippen molar-refractivity contribution in [1.82, 2.24) is 13.7 Å². The van der Waals surface area contributed by atoms with Crippen molar-refractivity contribution < 1.29 is 0 Å². The summed E-state index contributed by atoms with van der Waals surface area (Å²) in [5.41, 5.74) is 17.9. The van der Waals surface area contributed by atoms with E-state index < -0.39 is 0 Å². The van der Waals surface area contributed by atoms with Crippen LogP contribution in [-0.2, 0) is 0 Å². The Balaban J connectivity index is 1.01. The van der Waals surface area contributed by atoms with Crippen LogP contribution in [0.15, 0.2) is 237 Å². The van der Waals surface area contributed by atoms with E-state index in [-0.39, 0.29) is 0 Å². The van der Waals surface area contributed by atoms with Crippen molar-refractivity contribution in [3.8, 4) is 50.4 Å². The molecule has 0 unspecified atom stereocenters. The number of para-hydroxylation sites is 3. The molecular formula is C60H39N3. The fraction of sp³-hybridized carbons (Fsp3) is 0. The Morgan fingerprint density at radius 1 is 0.175 bits per heavy atom. The average molecular weight is 802 g/mol. The van der Waals surface area contributed by atoms with Gasteiger partial charge in [-0.15, -0.1) is 0 Å². The van der Waals surface area contributed by atoms with Gasteiger partial charge in [0.15, 0.2) is 0 Å². The third-order valence-electron chi connectivity index (χ3n) is 13.0. The van der Waals surface area contributed by atoms with Crippen molar-refractivity contribution in [3.05, 3.63) is 237 Å². The first-order valence-corrected chi connectivity index (χ1v) is 21.7. The molecule has 0 spiro atoms. The molecule has 0 fully saturated rings. The van der Waals surface area contributed by atoms with E-state index in [2.05, 4.69) is 250 Å². The first-order chi connectivity index (χ1) is 31.2. The maximum atomic E-state index is 2.46. The fourth-order valence-electron chi connectivity index (χ4n) is 10.1. The zero-order valence-electron chi connectivity index (χ0n) is 34.4. The first-order valence-electron chi connectivity index (χ1n) is 21.7. The second-order valence-corrected chi connectivity index (χ2v) is 16.6. The van der Waals surface area contributed by atoms with Crippen molar-refractivity contribution in [1.29, 1.82) is 0 Å². The zero-order chi connectivity index (χ0) is 41.4. The van der Waals surface area contributed by atoms with Crippen LogP contribution < -0.4 is 0 Å². The molecule has 294 valence electrons. The van der Waals surface area contributed by atoms with Crippen molar-refractivity contribution in [2.45, 2.75) is 0 Å². The Morgan fingerprint density at radius 2 is 0.476 bits per heavy atom. The van der Waals surface area contributed by atoms with Crippen LogP contribution in [0.2, 0.25) is 0 Å². The molecule has 0 radical (unpaired) electrons. The highest BCUT2D eigenvalue weighted by atomic mass is 15.0. The Bertz CT molecular complexity index is 3850. The molecule has 0 saturated carbocycles. The third-order valence-corrected chi connectivity index (χ3v) is 13.0. The van der Waals surface area contributed by atoms with Crippen molar-refractivity contribution in [3.63, 3.8) is 0 Å². The molecule has 0 saturated heterocycles. The van der Waals surface area contributed by atoms with Crippen molar-refractivity contribution >= 4 is 65.4 Å². The summed E-state index contributed by atoms with van der Waals surface area (Å²) < 4.78 is 7.28. The topological polar surface area (TPSA) is 14.8 Å². The van der Waals surface area contributed by atoms with Crippen LogP contribution in [-0.4, -0.2) is 13.7 Å². The predicted molar refractivity (Wildman–Crippen MR) is 266 cm³/mol. The minimum Gasteiger partial charge on any atom is -0.309 e. The SMILES string of the molecule is c1ccc(-c2ccc(-n3c4ccccc4c4cc(-c5ccc6c(c5)c5cc7c(cc5n6-c5ccc(-c6ccccc6)cc5)c5ccccc5n7-c5ccccc5)ccc43)cc2)cc1. The van der Waals surface area contributed by atoms with Gasteiger partial charge < -0.3 is 13.7 Å². The molecule has 3 heterocycles. The minimum absolute atomic E-state index is 1.14. The minimum atomic E-state index is 1.14. The number of hydrogen-bond acceptors (Lipinski definition) is 0. The van der Waals surface area contributed by atoms with Gasteiger partial charge in [0.1, 0.15) is 0 Å². The summed E-state index contributed by atoms with van der Waals surface area (Å²) in [5.74, 6) is 0. The third kappa shape index (κ3) is 5.60. The normalized spacial score (nSPS) is 11.8. The van der Waals surface area contributed by atoms with Crippen LogP contribution in [0.3, 0.4) is 0 Å². The lowest BCUT2D eigenvalue weighted by Crippen LogP contribution is -1.95. The van der Waals surface area contributed by atoms with Crippen LogP contribution >= 0.6 is 0 Å². The number of benzene rings is 10. The summed E-state index contributed by atoms with van der Waals surface area (Å²) in [7, 11) is 0. The first kappa shape index (κ1) is 35.4. The van der Waals surface area contributed by atoms with Crippen LogP contribution in [0.4, 0.5) is 0 Å². The molecule has 63 heavy (non-hydrogen) atoms. The molecule has 10 aromatic carbocycles. The van der Waals surface area contributed by atoms with E-state index in [1.165, 1.54) is 98.8 Å². The van der Waals surface area contributed by atoms with Gasteiger partial charge in [-0.1, -0.05) is 152 Å². The van der Waals surface area contributed by atoms with E-state index in [0.29, 0.717) is 0 Å². The summed E-state index contributed by atoms with van der Waals surface area (Å²) >= 11 is 0. The summed E-state index contributed by atoms with van der Waals surface area (Å²) in [6.45, 7) is 0. The Labute approximate surface area is 364 Å². The van der Waals surface area contributed by atoms with E-state index in [9.17, 15) is 0 Å². The fourth-order valence-corrected chi connectivity index (χ4v) is 10.1. The number of nitrogens with zero attached hydrogens (tertiary/aromatic N) is 3. The molecule has 0 amide bonds. The Kier molecular flexibility index (Phi) is 7.91. The van der Waals surface area contributed by atoms with Gasteiger partial charge in [-0.2, -0.15) is 0 Å². The largest absolute Gasteiger partial charge is 0.309 e. The van der Waals surface area contributed by atoms with Gasteiger partial charge in [0.2, 0.25) is 0 Å². The highest BCUT2D eigenvalue weighted by Crippen LogP contribution is 2.42. The molecule has 3 heteroatoms. The molecule has 3 nitrogen and oxygen atoms in total. The van der Waals surface area contributed by atoms with Gasteiger partial charge in [-0.25, -0.2) is 0 Å². The number of aromatic nitrogens is 3. The summed E-state index contributed by atoms with van der Waals surface area (Å²) in [6, 6.07) is 86.4. The molecule has 0 aliphatic carbocycles. The molecule has 0 aliphatic heterocycles. The smallest absolute Gasteiger partial charge is 0.0548 e. The predicted octanol–water partition coefficient (Wildman–Crippen LogP) is 16.0. The highest BCUT2D eigenvalue weighted by molar-refractivity contribution is 6.19. The monoisotopic (exact) mass is 801 g/mol. The molecule has 0 aliphatic rings. The van der Waals surface area contributed by atoms with Crippen LogP contribution in [0.1, 0.15) is 0 Å². The lowest BCUT2D eigenvalue weighted by atomic mass is 10.00. The van der Waals surface area contributed by atoms with E-state index in [1.54, 1.807) is 0 Å². The maximum absolute atomic E-state index is 2.46. The Hall–Kier alpha value is -8.40. The van der Waals surface area contributed by atoms with Gasteiger partial charge in [-0.05, 0) is 118 Å². The van der Waals surface area contributed by atoms with Gasteiger partial charge in [0.25, 0.3) is 0 Å². The van der Waals surface area contributed by atoms with Gasteiger partial charge >= 0.3 is 0 Å². The lowest BCUT2D eigenvalue weighted by Gasteiger charge is -2.11. The Morgan fingerprint density at radius 3 is 0.952 bits per heavy atom. The second-order valence-electron chi connectivity index (χ2n) is 16.6. The van der Waals surface area contributed by atoms with Crippen molar-refractivity contribution in [2.75, 3.05) is 0 Å². The quantitative estimate of drug-likeness (QED) is 0.159. The summed E-state index contributed by atoms with van der Waals surface area (Å²) in [6.07, 6.45) is 0. The molecule has 3 aromatic heterocycles. The standard InChI is InChI=1S/C60H39N3/c1-4-14-40(15-5-1)42-24-30-47(31-25-42)61-55-22-12-10-20-49(55)51-36-44(28-34-57(51)61)45-29-35-58-52(37-45)54-39-59-53(50-21-11-13-23-56(50)62(59)46-18-8-3-9-19-46)38-60(54)63(58)48-32-26-43(27-33-48)41-16-6-2-7-17-41/h1-39H. The molecule has 13 aromatic rings. The number of hydrogen-bond donors (Lipinski definition) is 0. The summed E-state index contributed by atoms with van der Waals surface area (Å²) in [4.78, 5) is 0. The van der Waals surface area contributed by atoms with Crippen LogP contribution in [0.5, 0.6) is 0 Å². The maximum Gasteiger partial charge on any atom is 0.0548 e. The van der Waals surface area contributed by atoms with E-state index in [0.717, 1.165) is 17.1 Å². The molecule has 0 N–H and O–H groups in total. The zero-order valence-corrected chi connectivity index (χ0v) is 34.4. The lowest BCUT2D eigenvalue weighted by molar-refractivity contribution is 1.17.